The smallest absolute Gasteiger partial charge is 0.417 e. The molecular weight excluding hydrogens is 465 g/mol. The normalized spacial score (nSPS) is 14.3. The largest absolute Gasteiger partial charge is 0.453 e. The lowest BCUT2D eigenvalue weighted by atomic mass is 10.1. The van der Waals surface area contributed by atoms with E-state index in [0.717, 1.165) is 22.1 Å². The van der Waals surface area contributed by atoms with Crippen LogP contribution in [0.1, 0.15) is 18.1 Å². The molecular formula is C23H17F3N6O3. The highest BCUT2D eigenvalue weighted by atomic mass is 19.4. The van der Waals surface area contributed by atoms with E-state index in [0.29, 0.717) is 35.3 Å². The van der Waals surface area contributed by atoms with Crippen molar-refractivity contribution >= 4 is 29.0 Å². The van der Waals surface area contributed by atoms with Crippen molar-refractivity contribution in [2.75, 3.05) is 16.3 Å². The predicted octanol–water partition coefficient (Wildman–Crippen LogP) is 4.47. The fourth-order valence-corrected chi connectivity index (χ4v) is 3.78. The summed E-state index contributed by atoms with van der Waals surface area (Å²) in [6.45, 7) is 1.48. The summed E-state index contributed by atoms with van der Waals surface area (Å²) in [5.41, 5.74) is 0.397. The number of pyridine rings is 1. The Labute approximate surface area is 196 Å². The molecule has 0 saturated carbocycles. The van der Waals surface area contributed by atoms with E-state index >= 15 is 0 Å². The van der Waals surface area contributed by atoms with Gasteiger partial charge in [-0.1, -0.05) is 6.92 Å². The number of halogens is 3. The summed E-state index contributed by atoms with van der Waals surface area (Å²) >= 11 is 0. The Morgan fingerprint density at radius 2 is 1.86 bits per heavy atom. The summed E-state index contributed by atoms with van der Waals surface area (Å²) < 4.78 is 46.8. The Morgan fingerprint density at radius 3 is 2.63 bits per heavy atom. The maximum Gasteiger partial charge on any atom is 0.417 e. The number of carbonyl (C=O) groups excluding carboxylic acids is 2. The second kappa shape index (κ2) is 8.38. The molecule has 3 amide bonds. The van der Waals surface area contributed by atoms with Crippen molar-refractivity contribution in [3.05, 3.63) is 72.4 Å². The average molecular weight is 482 g/mol. The summed E-state index contributed by atoms with van der Waals surface area (Å²) in [6.07, 6.45) is 2.52. The molecule has 1 aromatic carbocycles. The lowest BCUT2D eigenvalue weighted by Gasteiger charge is -2.19. The number of hydrogen-bond acceptors (Lipinski definition) is 6. The number of fused-ring (bicyclic) bond motifs is 1. The number of imide groups is 1. The van der Waals surface area contributed by atoms with Gasteiger partial charge in [0.1, 0.15) is 12.3 Å². The molecule has 0 N–H and O–H groups in total. The van der Waals surface area contributed by atoms with E-state index < -0.39 is 30.2 Å². The van der Waals surface area contributed by atoms with E-state index in [1.807, 2.05) is 6.92 Å². The number of aromatic nitrogens is 4. The number of benzene rings is 1. The molecule has 0 atom stereocenters. The predicted molar refractivity (Wildman–Crippen MR) is 118 cm³/mol. The van der Waals surface area contributed by atoms with E-state index in [1.165, 1.54) is 0 Å². The van der Waals surface area contributed by atoms with E-state index in [4.69, 9.17) is 4.74 Å². The highest BCUT2D eigenvalue weighted by molar-refractivity contribution is 6.27. The van der Waals surface area contributed by atoms with Crippen LogP contribution in [-0.4, -0.2) is 38.1 Å². The van der Waals surface area contributed by atoms with Crippen LogP contribution in [0, 0.1) is 0 Å². The van der Waals surface area contributed by atoms with Gasteiger partial charge >= 0.3 is 12.2 Å². The van der Waals surface area contributed by atoms with Gasteiger partial charge in [-0.05, 0) is 36.2 Å². The molecule has 0 aliphatic carbocycles. The Bertz CT molecular complexity index is 1450. The van der Waals surface area contributed by atoms with Crippen molar-refractivity contribution in [1.29, 1.82) is 0 Å². The minimum atomic E-state index is -4.63. The van der Waals surface area contributed by atoms with Gasteiger partial charge in [0.2, 0.25) is 0 Å². The Kier molecular flexibility index (Phi) is 5.35. The lowest BCUT2D eigenvalue weighted by molar-refractivity contribution is -0.137. The molecule has 12 heteroatoms. The van der Waals surface area contributed by atoms with Crippen molar-refractivity contribution in [2.45, 2.75) is 19.5 Å². The minimum Gasteiger partial charge on any atom is -0.453 e. The third kappa shape index (κ3) is 4.03. The molecule has 3 aromatic heterocycles. The first kappa shape index (κ1) is 22.3. The van der Waals surface area contributed by atoms with Crippen molar-refractivity contribution in [2.24, 2.45) is 0 Å². The van der Waals surface area contributed by atoms with Gasteiger partial charge in [-0.15, -0.1) is 0 Å². The van der Waals surface area contributed by atoms with Crippen LogP contribution < -0.4 is 14.5 Å². The van der Waals surface area contributed by atoms with Crippen LogP contribution in [0.4, 0.5) is 29.3 Å². The zero-order valence-corrected chi connectivity index (χ0v) is 18.2. The Balaban J connectivity index is 1.44. The van der Waals surface area contributed by atoms with Crippen LogP contribution in [0.2, 0.25) is 0 Å². The zero-order valence-electron chi connectivity index (χ0n) is 18.2. The molecule has 1 aliphatic heterocycles. The SMILES string of the molecule is CCc1cc(N2C(=O)CN(c3cncc(C(F)(F)F)c3)C2=O)ccc1Oc1ccnn2ccnc12. The third-order valence-electron chi connectivity index (χ3n) is 5.49. The van der Waals surface area contributed by atoms with E-state index in [9.17, 15) is 22.8 Å². The number of anilines is 2. The summed E-state index contributed by atoms with van der Waals surface area (Å²) in [5.74, 6) is 0.408. The topological polar surface area (TPSA) is 92.9 Å². The monoisotopic (exact) mass is 482 g/mol. The number of imidazole rings is 1. The quantitative estimate of drug-likeness (QED) is 0.390. The number of amides is 3. The van der Waals surface area contributed by atoms with Crippen LogP contribution >= 0.6 is 0 Å². The summed E-state index contributed by atoms with van der Waals surface area (Å²) in [4.78, 5) is 35.5. The number of hydrogen-bond donors (Lipinski definition) is 0. The summed E-state index contributed by atoms with van der Waals surface area (Å²) in [5, 5.41) is 4.14. The number of carbonyl (C=O) groups is 2. The first-order chi connectivity index (χ1) is 16.8. The van der Waals surface area contributed by atoms with Gasteiger partial charge in [-0.3, -0.25) is 14.7 Å². The number of ether oxygens (including phenoxy) is 1. The van der Waals surface area contributed by atoms with E-state index in [2.05, 4.69) is 15.1 Å². The first-order valence-electron chi connectivity index (χ1n) is 10.5. The fraction of sp³-hybridized carbons (Fsp3) is 0.174. The van der Waals surface area contributed by atoms with Gasteiger partial charge in [-0.25, -0.2) is 19.2 Å². The number of aryl methyl sites for hydroxylation is 1. The minimum absolute atomic E-state index is 0.113. The molecule has 0 bridgehead atoms. The van der Waals surface area contributed by atoms with Crippen molar-refractivity contribution < 1.29 is 27.5 Å². The maximum atomic E-state index is 13.1. The molecule has 1 aliphatic rings. The van der Waals surface area contributed by atoms with E-state index in [-0.39, 0.29) is 11.4 Å². The molecule has 35 heavy (non-hydrogen) atoms. The molecule has 4 aromatic rings. The van der Waals surface area contributed by atoms with Crippen LogP contribution in [0.3, 0.4) is 0 Å². The molecule has 1 saturated heterocycles. The van der Waals surface area contributed by atoms with Gasteiger partial charge < -0.3 is 4.74 Å². The summed E-state index contributed by atoms with van der Waals surface area (Å²) in [7, 11) is 0. The fourth-order valence-electron chi connectivity index (χ4n) is 3.78. The third-order valence-corrected chi connectivity index (χ3v) is 5.49. The second-order valence-corrected chi connectivity index (χ2v) is 7.67. The van der Waals surface area contributed by atoms with Gasteiger partial charge in [0.05, 0.1) is 29.3 Å². The molecule has 1 fully saturated rings. The lowest BCUT2D eigenvalue weighted by Crippen LogP contribution is -2.33. The molecule has 178 valence electrons. The standard InChI is InChI=1S/C23H17F3N6O3/c1-2-14-9-16(3-4-18(14)35-19-5-6-29-31-8-7-28-21(19)31)32-20(33)13-30(22(32)34)17-10-15(11-27-12-17)23(24,25)26/h3-12H,2,13H2,1H3. The maximum absolute atomic E-state index is 13.1. The molecule has 0 spiro atoms. The van der Waals surface area contributed by atoms with Gasteiger partial charge in [0.15, 0.2) is 11.4 Å². The van der Waals surface area contributed by atoms with Crippen molar-refractivity contribution in [3.63, 3.8) is 0 Å². The number of alkyl halides is 3. The summed E-state index contributed by atoms with van der Waals surface area (Å²) in [6, 6.07) is 6.51. The highest BCUT2D eigenvalue weighted by Gasteiger charge is 2.39. The second-order valence-electron chi connectivity index (χ2n) is 7.67. The van der Waals surface area contributed by atoms with Gasteiger partial charge in [0.25, 0.3) is 5.91 Å². The number of urea groups is 1. The first-order valence-corrected chi connectivity index (χ1v) is 10.5. The van der Waals surface area contributed by atoms with Crippen LogP contribution in [0.5, 0.6) is 11.5 Å². The highest BCUT2D eigenvalue weighted by Crippen LogP contribution is 2.35. The molecule has 0 unspecified atom stereocenters. The van der Waals surface area contributed by atoms with Crippen molar-refractivity contribution in [3.8, 4) is 11.5 Å². The Morgan fingerprint density at radius 1 is 1.03 bits per heavy atom. The number of nitrogens with zero attached hydrogens (tertiary/aromatic N) is 6. The average Bonchev–Trinajstić information content (AvgIpc) is 3.43. The van der Waals surface area contributed by atoms with E-state index in [1.54, 1.807) is 47.4 Å². The van der Waals surface area contributed by atoms with Gasteiger partial charge in [0, 0.05) is 24.7 Å². The van der Waals surface area contributed by atoms with Crippen LogP contribution in [-0.2, 0) is 17.4 Å². The molecule has 9 nitrogen and oxygen atoms in total. The zero-order chi connectivity index (χ0) is 24.7. The molecule has 0 radical (unpaired) electrons. The van der Waals surface area contributed by atoms with Crippen molar-refractivity contribution in [1.82, 2.24) is 19.6 Å². The van der Waals surface area contributed by atoms with Crippen LogP contribution in [0.25, 0.3) is 5.65 Å². The molecule has 5 rings (SSSR count). The Hall–Kier alpha value is -4.48. The number of rotatable bonds is 5. The van der Waals surface area contributed by atoms with Gasteiger partial charge in [-0.2, -0.15) is 18.3 Å². The molecule has 4 heterocycles. The van der Waals surface area contributed by atoms with Crippen LogP contribution in [0.15, 0.2) is 61.3 Å².